The van der Waals surface area contributed by atoms with E-state index >= 15 is 0 Å². The zero-order chi connectivity index (χ0) is 15.6. The lowest BCUT2D eigenvalue weighted by molar-refractivity contribution is 0.0698. The first-order chi connectivity index (χ1) is 9.78. The van der Waals surface area contributed by atoms with Crippen LogP contribution in [-0.2, 0) is 0 Å². The van der Waals surface area contributed by atoms with Gasteiger partial charge in [-0.1, -0.05) is 26.0 Å². The summed E-state index contributed by atoms with van der Waals surface area (Å²) in [6, 6.07) is 4.75. The number of hydrogen-bond donors (Lipinski definition) is 3. The van der Waals surface area contributed by atoms with E-state index in [9.17, 15) is 14.7 Å². The molecule has 1 saturated carbocycles. The molecule has 5 nitrogen and oxygen atoms in total. The van der Waals surface area contributed by atoms with E-state index in [0.29, 0.717) is 5.69 Å². The van der Waals surface area contributed by atoms with Crippen molar-refractivity contribution in [3.8, 4) is 0 Å². The van der Waals surface area contributed by atoms with Crippen molar-refractivity contribution >= 4 is 17.7 Å². The Labute approximate surface area is 124 Å². The van der Waals surface area contributed by atoms with Crippen LogP contribution in [0.3, 0.4) is 0 Å². The van der Waals surface area contributed by atoms with Crippen LogP contribution >= 0.6 is 0 Å². The summed E-state index contributed by atoms with van der Waals surface area (Å²) >= 11 is 0. The molecular weight excluding hydrogens is 268 g/mol. The van der Waals surface area contributed by atoms with Crippen LogP contribution in [0.25, 0.3) is 0 Å². The fourth-order valence-corrected chi connectivity index (χ4v) is 2.91. The van der Waals surface area contributed by atoms with Crippen LogP contribution < -0.4 is 10.6 Å². The highest BCUT2D eigenvalue weighted by Gasteiger charge is 2.31. The standard InChI is InChI=1S/C16H22N2O3/c1-10-5-4-6-12(14(19)20)13(10)18-15(21)17-11-7-8-16(2,3)9-11/h4-6,11H,7-9H2,1-3H3,(H,19,20)(H2,17,18,21). The van der Waals surface area contributed by atoms with Crippen LogP contribution in [-0.4, -0.2) is 23.1 Å². The molecule has 0 saturated heterocycles. The fraction of sp³-hybridized carbons (Fsp3) is 0.500. The predicted octanol–water partition coefficient (Wildman–Crippen LogP) is 3.39. The van der Waals surface area contributed by atoms with Crippen LogP contribution in [0, 0.1) is 12.3 Å². The van der Waals surface area contributed by atoms with Gasteiger partial charge in [0.05, 0.1) is 11.3 Å². The topological polar surface area (TPSA) is 78.4 Å². The van der Waals surface area contributed by atoms with E-state index in [4.69, 9.17) is 0 Å². The Morgan fingerprint density at radius 1 is 1.33 bits per heavy atom. The molecule has 0 radical (unpaired) electrons. The second kappa shape index (κ2) is 5.76. The Morgan fingerprint density at radius 2 is 2.05 bits per heavy atom. The molecule has 0 spiro atoms. The van der Waals surface area contributed by atoms with Crippen molar-refractivity contribution < 1.29 is 14.7 Å². The zero-order valence-corrected chi connectivity index (χ0v) is 12.7. The molecule has 2 rings (SSSR count). The summed E-state index contributed by atoms with van der Waals surface area (Å²) in [5.41, 5.74) is 1.46. The molecule has 1 aliphatic rings. The number of anilines is 1. The van der Waals surface area contributed by atoms with Gasteiger partial charge in [0.1, 0.15) is 0 Å². The highest BCUT2D eigenvalue weighted by Crippen LogP contribution is 2.36. The molecule has 1 fully saturated rings. The first-order valence-electron chi connectivity index (χ1n) is 7.19. The third kappa shape index (κ3) is 3.74. The van der Waals surface area contributed by atoms with Gasteiger partial charge in [-0.3, -0.25) is 0 Å². The van der Waals surface area contributed by atoms with Gasteiger partial charge < -0.3 is 15.7 Å². The molecule has 0 aliphatic heterocycles. The molecule has 0 heterocycles. The molecular formula is C16H22N2O3. The lowest BCUT2D eigenvalue weighted by Gasteiger charge is -2.19. The molecule has 3 N–H and O–H groups in total. The van der Waals surface area contributed by atoms with Crippen molar-refractivity contribution in [2.75, 3.05) is 5.32 Å². The highest BCUT2D eigenvalue weighted by molar-refractivity contribution is 6.01. The predicted molar refractivity (Wildman–Crippen MR) is 81.7 cm³/mol. The number of aryl methyl sites for hydroxylation is 1. The van der Waals surface area contributed by atoms with Gasteiger partial charge in [-0.25, -0.2) is 9.59 Å². The van der Waals surface area contributed by atoms with Gasteiger partial charge in [-0.2, -0.15) is 0 Å². The van der Waals surface area contributed by atoms with Crippen molar-refractivity contribution in [1.29, 1.82) is 0 Å². The number of amides is 2. The van der Waals surface area contributed by atoms with E-state index in [0.717, 1.165) is 24.8 Å². The molecule has 1 aromatic rings. The number of carbonyl (C=O) groups excluding carboxylic acids is 1. The van der Waals surface area contributed by atoms with Crippen molar-refractivity contribution in [2.45, 2.75) is 46.1 Å². The Morgan fingerprint density at radius 3 is 2.62 bits per heavy atom. The number of rotatable bonds is 3. The highest BCUT2D eigenvalue weighted by atomic mass is 16.4. The van der Waals surface area contributed by atoms with E-state index in [2.05, 4.69) is 24.5 Å². The Hall–Kier alpha value is -2.04. The van der Waals surface area contributed by atoms with Crippen LogP contribution in [0.2, 0.25) is 0 Å². The number of nitrogens with one attached hydrogen (secondary N) is 2. The van der Waals surface area contributed by atoms with Crippen molar-refractivity contribution in [1.82, 2.24) is 5.32 Å². The molecule has 2 amide bonds. The van der Waals surface area contributed by atoms with Crippen LogP contribution in [0.5, 0.6) is 0 Å². The largest absolute Gasteiger partial charge is 0.478 e. The second-order valence-electron chi connectivity index (χ2n) is 6.51. The SMILES string of the molecule is Cc1cccc(C(=O)O)c1NC(=O)NC1CCC(C)(C)C1. The van der Waals surface area contributed by atoms with Crippen molar-refractivity contribution in [3.05, 3.63) is 29.3 Å². The summed E-state index contributed by atoms with van der Waals surface area (Å²) in [6.45, 7) is 6.16. The van der Waals surface area contributed by atoms with Crippen LogP contribution in [0.1, 0.15) is 49.0 Å². The summed E-state index contributed by atoms with van der Waals surface area (Å²) in [5.74, 6) is -1.05. The van der Waals surface area contributed by atoms with Gasteiger partial charge in [0.25, 0.3) is 0 Å². The molecule has 1 aromatic carbocycles. The van der Waals surface area contributed by atoms with Crippen molar-refractivity contribution in [3.63, 3.8) is 0 Å². The number of benzene rings is 1. The van der Waals surface area contributed by atoms with E-state index in [1.807, 2.05) is 0 Å². The zero-order valence-electron chi connectivity index (χ0n) is 12.7. The van der Waals surface area contributed by atoms with Crippen LogP contribution in [0.15, 0.2) is 18.2 Å². The Kier molecular flexibility index (Phi) is 4.21. The number of carboxylic acids is 1. The lowest BCUT2D eigenvalue weighted by atomic mass is 9.92. The average molecular weight is 290 g/mol. The summed E-state index contributed by atoms with van der Waals surface area (Å²) in [6.07, 6.45) is 2.99. The van der Waals surface area contributed by atoms with Gasteiger partial charge in [-0.05, 0) is 43.2 Å². The number of carboxylic acid groups (broad SMARTS) is 1. The molecule has 1 unspecified atom stereocenters. The van der Waals surface area contributed by atoms with E-state index < -0.39 is 5.97 Å². The number of para-hydroxylation sites is 1. The van der Waals surface area contributed by atoms with Crippen LogP contribution in [0.4, 0.5) is 10.5 Å². The fourth-order valence-electron chi connectivity index (χ4n) is 2.91. The molecule has 5 heteroatoms. The average Bonchev–Trinajstić information content (AvgIpc) is 2.70. The summed E-state index contributed by atoms with van der Waals surface area (Å²) in [7, 11) is 0. The van der Waals surface area contributed by atoms with Gasteiger partial charge in [0, 0.05) is 6.04 Å². The van der Waals surface area contributed by atoms with E-state index in [1.54, 1.807) is 19.1 Å². The molecule has 114 valence electrons. The monoisotopic (exact) mass is 290 g/mol. The maximum atomic E-state index is 12.1. The number of carbonyl (C=O) groups is 2. The maximum absolute atomic E-state index is 12.1. The van der Waals surface area contributed by atoms with Gasteiger partial charge in [0.2, 0.25) is 0 Å². The third-order valence-electron chi connectivity index (χ3n) is 4.05. The maximum Gasteiger partial charge on any atom is 0.337 e. The Bertz CT molecular complexity index is 567. The van der Waals surface area contributed by atoms with Gasteiger partial charge in [0.15, 0.2) is 0 Å². The summed E-state index contributed by atoms with van der Waals surface area (Å²) in [4.78, 5) is 23.3. The summed E-state index contributed by atoms with van der Waals surface area (Å²) < 4.78 is 0. The summed E-state index contributed by atoms with van der Waals surface area (Å²) in [5, 5.41) is 14.8. The second-order valence-corrected chi connectivity index (χ2v) is 6.51. The Balaban J connectivity index is 2.05. The number of urea groups is 1. The van der Waals surface area contributed by atoms with E-state index in [-0.39, 0.29) is 23.1 Å². The first kappa shape index (κ1) is 15.4. The van der Waals surface area contributed by atoms with Gasteiger partial charge >= 0.3 is 12.0 Å². The number of aromatic carboxylic acids is 1. The minimum atomic E-state index is -1.05. The minimum absolute atomic E-state index is 0.108. The molecule has 1 atom stereocenters. The van der Waals surface area contributed by atoms with Crippen molar-refractivity contribution in [2.24, 2.45) is 5.41 Å². The third-order valence-corrected chi connectivity index (χ3v) is 4.05. The normalized spacial score (nSPS) is 20.0. The van der Waals surface area contributed by atoms with E-state index in [1.165, 1.54) is 6.07 Å². The number of hydrogen-bond acceptors (Lipinski definition) is 2. The van der Waals surface area contributed by atoms with Gasteiger partial charge in [-0.15, -0.1) is 0 Å². The molecule has 0 bridgehead atoms. The minimum Gasteiger partial charge on any atom is -0.478 e. The first-order valence-corrected chi connectivity index (χ1v) is 7.19. The lowest BCUT2D eigenvalue weighted by Crippen LogP contribution is -2.37. The molecule has 0 aromatic heterocycles. The molecule has 21 heavy (non-hydrogen) atoms. The smallest absolute Gasteiger partial charge is 0.337 e. The quantitative estimate of drug-likeness (QED) is 0.798. The molecule has 1 aliphatic carbocycles.